The zero-order valence-corrected chi connectivity index (χ0v) is 9.67. The molecule has 0 fully saturated rings. The summed E-state index contributed by atoms with van der Waals surface area (Å²) in [4.78, 5) is 0. The van der Waals surface area contributed by atoms with Gasteiger partial charge in [0.25, 0.3) is 0 Å². The lowest BCUT2D eigenvalue weighted by molar-refractivity contribution is -0.0499. The molecule has 1 heterocycles. The van der Waals surface area contributed by atoms with Crippen molar-refractivity contribution >= 4 is 0 Å². The van der Waals surface area contributed by atoms with E-state index in [0.29, 0.717) is 5.75 Å². The van der Waals surface area contributed by atoms with E-state index in [0.717, 1.165) is 12.0 Å². The minimum absolute atomic E-state index is 0.117. The van der Waals surface area contributed by atoms with Gasteiger partial charge in [0.05, 0.1) is 0 Å². The van der Waals surface area contributed by atoms with Crippen LogP contribution in [0.25, 0.3) is 0 Å². The summed E-state index contributed by atoms with van der Waals surface area (Å²) in [5, 5.41) is 0. The Hall–Kier alpha value is -1.32. The molecular formula is C12H16F2O2. The van der Waals surface area contributed by atoms with E-state index >= 15 is 0 Å². The van der Waals surface area contributed by atoms with Crippen molar-refractivity contribution in [3.8, 4) is 11.5 Å². The van der Waals surface area contributed by atoms with Gasteiger partial charge in [-0.3, -0.25) is 0 Å². The van der Waals surface area contributed by atoms with Crippen molar-refractivity contribution < 1.29 is 18.3 Å². The molecule has 0 bridgehead atoms. The molecular weight excluding hydrogens is 214 g/mol. The number of hydrogen-bond acceptors (Lipinski definition) is 2. The first kappa shape index (κ1) is 12.7. The van der Waals surface area contributed by atoms with Gasteiger partial charge in [-0.15, -0.1) is 0 Å². The highest BCUT2D eigenvalue weighted by Gasteiger charge is 2.19. The van der Waals surface area contributed by atoms with E-state index < -0.39 is 6.61 Å². The van der Waals surface area contributed by atoms with Gasteiger partial charge in [-0.2, -0.15) is 8.78 Å². The number of ether oxygens (including phenoxy) is 2. The average Bonchev–Trinajstić information content (AvgIpc) is 2.59. The highest BCUT2D eigenvalue weighted by molar-refractivity contribution is 5.43. The Labute approximate surface area is 94.2 Å². The highest BCUT2D eigenvalue weighted by atomic mass is 19.3. The smallest absolute Gasteiger partial charge is 0.387 e. The highest BCUT2D eigenvalue weighted by Crippen LogP contribution is 2.32. The summed E-state index contributed by atoms with van der Waals surface area (Å²) >= 11 is 0. The van der Waals surface area contributed by atoms with Crippen molar-refractivity contribution in [1.29, 1.82) is 0 Å². The SMILES string of the molecule is CC.CC1Cc2ccc(OC(F)F)cc2O1. The van der Waals surface area contributed by atoms with Crippen molar-refractivity contribution in [1.82, 2.24) is 0 Å². The van der Waals surface area contributed by atoms with E-state index in [1.54, 1.807) is 6.07 Å². The predicted molar refractivity (Wildman–Crippen MR) is 58.2 cm³/mol. The Morgan fingerprint density at radius 1 is 1.38 bits per heavy atom. The lowest BCUT2D eigenvalue weighted by atomic mass is 10.1. The quantitative estimate of drug-likeness (QED) is 0.772. The first-order chi connectivity index (χ1) is 7.65. The minimum atomic E-state index is -2.79. The number of hydrogen-bond donors (Lipinski definition) is 0. The van der Waals surface area contributed by atoms with Crippen molar-refractivity contribution in [3.63, 3.8) is 0 Å². The third-order valence-corrected chi connectivity index (χ3v) is 2.10. The zero-order valence-electron chi connectivity index (χ0n) is 9.67. The van der Waals surface area contributed by atoms with Crippen LogP contribution in [0.3, 0.4) is 0 Å². The van der Waals surface area contributed by atoms with Gasteiger partial charge < -0.3 is 9.47 Å². The maximum Gasteiger partial charge on any atom is 0.387 e. The van der Waals surface area contributed by atoms with E-state index in [1.807, 2.05) is 20.8 Å². The molecule has 16 heavy (non-hydrogen) atoms. The van der Waals surface area contributed by atoms with Gasteiger partial charge in [0.2, 0.25) is 0 Å². The fourth-order valence-electron chi connectivity index (χ4n) is 1.56. The molecule has 4 heteroatoms. The molecule has 0 saturated heterocycles. The van der Waals surface area contributed by atoms with Gasteiger partial charge in [0, 0.05) is 12.5 Å². The van der Waals surface area contributed by atoms with Crippen LogP contribution in [-0.4, -0.2) is 12.7 Å². The number of fused-ring (bicyclic) bond motifs is 1. The molecule has 2 nitrogen and oxygen atoms in total. The van der Waals surface area contributed by atoms with E-state index in [2.05, 4.69) is 4.74 Å². The fourth-order valence-corrected chi connectivity index (χ4v) is 1.56. The van der Waals surface area contributed by atoms with Crippen LogP contribution in [0, 0.1) is 0 Å². The van der Waals surface area contributed by atoms with Gasteiger partial charge in [-0.25, -0.2) is 0 Å². The molecule has 1 aromatic carbocycles. The zero-order chi connectivity index (χ0) is 12.1. The maximum absolute atomic E-state index is 11.9. The minimum Gasteiger partial charge on any atom is -0.490 e. The average molecular weight is 230 g/mol. The maximum atomic E-state index is 11.9. The molecule has 0 radical (unpaired) electrons. The summed E-state index contributed by atoms with van der Waals surface area (Å²) in [6, 6.07) is 4.80. The van der Waals surface area contributed by atoms with Crippen LogP contribution in [-0.2, 0) is 6.42 Å². The van der Waals surface area contributed by atoms with Crippen LogP contribution in [0.4, 0.5) is 8.78 Å². The van der Waals surface area contributed by atoms with Gasteiger partial charge in [-0.1, -0.05) is 19.9 Å². The molecule has 1 atom stereocenters. The monoisotopic (exact) mass is 230 g/mol. The largest absolute Gasteiger partial charge is 0.490 e. The van der Waals surface area contributed by atoms with Crippen LogP contribution in [0.1, 0.15) is 26.3 Å². The summed E-state index contributed by atoms with van der Waals surface area (Å²) in [5.41, 5.74) is 1.04. The Morgan fingerprint density at radius 3 is 2.69 bits per heavy atom. The fraction of sp³-hybridized carbons (Fsp3) is 0.500. The lowest BCUT2D eigenvalue weighted by Crippen LogP contribution is -2.05. The van der Waals surface area contributed by atoms with E-state index in [4.69, 9.17) is 4.74 Å². The second-order valence-electron chi connectivity index (χ2n) is 3.28. The topological polar surface area (TPSA) is 18.5 Å². The molecule has 1 aliphatic rings. The lowest BCUT2D eigenvalue weighted by Gasteiger charge is -2.06. The number of rotatable bonds is 2. The van der Waals surface area contributed by atoms with Gasteiger partial charge in [0.15, 0.2) is 0 Å². The first-order valence-corrected chi connectivity index (χ1v) is 5.39. The molecule has 2 rings (SSSR count). The van der Waals surface area contributed by atoms with E-state index in [9.17, 15) is 8.78 Å². The Morgan fingerprint density at radius 2 is 2.06 bits per heavy atom. The molecule has 1 aromatic rings. The van der Waals surface area contributed by atoms with E-state index in [-0.39, 0.29) is 11.9 Å². The standard InChI is InChI=1S/C10H10F2O2.C2H6/c1-6-4-7-2-3-8(14-10(11)12)5-9(7)13-6;1-2/h2-3,5-6,10H,4H2,1H3;1-2H3. The Bertz CT molecular complexity index is 340. The summed E-state index contributed by atoms with van der Waals surface area (Å²) in [6.45, 7) is 3.15. The molecule has 90 valence electrons. The molecule has 0 N–H and O–H groups in total. The third kappa shape index (κ3) is 3.08. The molecule has 0 aromatic heterocycles. The molecule has 0 amide bonds. The Kier molecular flexibility index (Phi) is 4.52. The van der Waals surface area contributed by atoms with Crippen LogP contribution in [0.15, 0.2) is 18.2 Å². The van der Waals surface area contributed by atoms with Crippen molar-refractivity contribution in [2.45, 2.75) is 39.9 Å². The molecule has 1 aliphatic heterocycles. The third-order valence-electron chi connectivity index (χ3n) is 2.10. The van der Waals surface area contributed by atoms with Crippen LogP contribution in [0.5, 0.6) is 11.5 Å². The normalized spacial score (nSPS) is 17.2. The summed E-state index contributed by atoms with van der Waals surface area (Å²) in [7, 11) is 0. The number of halogens is 2. The van der Waals surface area contributed by atoms with Crippen molar-refractivity contribution in [3.05, 3.63) is 23.8 Å². The molecule has 1 unspecified atom stereocenters. The first-order valence-electron chi connectivity index (χ1n) is 5.39. The number of benzene rings is 1. The molecule has 0 aliphatic carbocycles. The van der Waals surface area contributed by atoms with Crippen LogP contribution in [0.2, 0.25) is 0 Å². The van der Waals surface area contributed by atoms with Gasteiger partial charge in [0.1, 0.15) is 17.6 Å². The molecule has 0 saturated carbocycles. The van der Waals surface area contributed by atoms with E-state index in [1.165, 1.54) is 12.1 Å². The summed E-state index contributed by atoms with van der Waals surface area (Å²) in [5.74, 6) is 0.795. The number of alkyl halides is 2. The van der Waals surface area contributed by atoms with Crippen molar-refractivity contribution in [2.24, 2.45) is 0 Å². The van der Waals surface area contributed by atoms with Crippen molar-refractivity contribution in [2.75, 3.05) is 0 Å². The predicted octanol–water partition coefficient (Wildman–Crippen LogP) is 3.64. The van der Waals surface area contributed by atoms with Gasteiger partial charge >= 0.3 is 6.61 Å². The van der Waals surface area contributed by atoms with Crippen LogP contribution < -0.4 is 9.47 Å². The second-order valence-corrected chi connectivity index (χ2v) is 3.28. The summed E-state index contributed by atoms with van der Waals surface area (Å²) in [6.07, 6.45) is 0.941. The Balaban J connectivity index is 0.000000606. The summed E-state index contributed by atoms with van der Waals surface area (Å²) < 4.78 is 33.4. The second kappa shape index (κ2) is 5.68. The van der Waals surface area contributed by atoms with Crippen LogP contribution >= 0.6 is 0 Å². The van der Waals surface area contributed by atoms with Gasteiger partial charge in [-0.05, 0) is 18.6 Å². The molecule has 0 spiro atoms.